The number of benzene rings is 1. The number of carbonyl (C=O) groups is 1. The summed E-state index contributed by atoms with van der Waals surface area (Å²) in [4.78, 5) is 11.6. The molecule has 0 spiro atoms. The van der Waals surface area contributed by atoms with Gasteiger partial charge in [-0.15, -0.1) is 0 Å². The minimum absolute atomic E-state index is 0.00912. The molecule has 0 bridgehead atoms. The average molecular weight is 441 g/mol. The molecule has 0 heterocycles. The van der Waals surface area contributed by atoms with Gasteiger partial charge in [-0.05, 0) is 49.3 Å². The number of hydrogen-bond donors (Lipinski definition) is 1. The lowest BCUT2D eigenvalue weighted by atomic mass is 10.1. The molecule has 0 fully saturated rings. The molecule has 0 saturated carbocycles. The highest BCUT2D eigenvalue weighted by Gasteiger charge is 2.42. The van der Waals surface area contributed by atoms with Gasteiger partial charge in [-0.2, -0.15) is 0 Å². The van der Waals surface area contributed by atoms with E-state index in [2.05, 4.69) is 67.7 Å². The van der Waals surface area contributed by atoms with Gasteiger partial charge in [0.25, 0.3) is 16.6 Å². The Morgan fingerprint density at radius 2 is 1.38 bits per heavy atom. The van der Waals surface area contributed by atoms with Gasteiger partial charge in [0.15, 0.2) is 5.75 Å². The van der Waals surface area contributed by atoms with Crippen molar-refractivity contribution in [3.8, 4) is 17.2 Å². The van der Waals surface area contributed by atoms with Crippen molar-refractivity contribution < 1.29 is 23.5 Å². The van der Waals surface area contributed by atoms with Crippen LogP contribution in [0, 0.1) is 6.92 Å². The van der Waals surface area contributed by atoms with Gasteiger partial charge in [0, 0.05) is 11.1 Å². The largest absolute Gasteiger partial charge is 0.543 e. The van der Waals surface area contributed by atoms with Gasteiger partial charge >= 0.3 is 5.97 Å². The smallest absolute Gasteiger partial charge is 0.307 e. The first-order valence-electron chi connectivity index (χ1n) is 10.1. The molecule has 0 saturated heterocycles. The van der Waals surface area contributed by atoms with Crippen molar-refractivity contribution in [2.24, 2.45) is 0 Å². The number of ether oxygens (including phenoxy) is 1. The lowest BCUT2D eigenvalue weighted by Crippen LogP contribution is -2.44. The Kier molecular flexibility index (Phi) is 7.35. The van der Waals surface area contributed by atoms with Gasteiger partial charge in [-0.1, -0.05) is 41.5 Å². The number of carboxylic acid groups (broad SMARTS) is 1. The van der Waals surface area contributed by atoms with Gasteiger partial charge in [-0.25, -0.2) is 0 Å². The molecule has 0 aromatic heterocycles. The van der Waals surface area contributed by atoms with Gasteiger partial charge < -0.3 is 18.7 Å². The van der Waals surface area contributed by atoms with Gasteiger partial charge in [0.1, 0.15) is 11.5 Å². The maximum atomic E-state index is 11.6. The zero-order valence-corrected chi connectivity index (χ0v) is 22.4. The zero-order chi connectivity index (χ0) is 23.0. The predicted molar refractivity (Wildman–Crippen MR) is 125 cm³/mol. The molecule has 29 heavy (non-hydrogen) atoms. The highest BCUT2D eigenvalue weighted by atomic mass is 28.4. The molecule has 1 rings (SSSR count). The van der Waals surface area contributed by atoms with Crippen LogP contribution in [0.2, 0.25) is 36.3 Å². The minimum Gasteiger partial charge on any atom is -0.543 e. The molecule has 0 amide bonds. The number of aliphatic carboxylic acids is 1. The Labute approximate surface area is 179 Å². The van der Waals surface area contributed by atoms with E-state index in [-0.39, 0.29) is 16.5 Å². The van der Waals surface area contributed by atoms with Crippen molar-refractivity contribution in [1.29, 1.82) is 0 Å². The second-order valence-corrected chi connectivity index (χ2v) is 20.3. The molecule has 0 aliphatic carbocycles. The molecule has 1 aromatic carbocycles. The van der Waals surface area contributed by atoms with E-state index in [1.165, 1.54) is 0 Å². The fourth-order valence-electron chi connectivity index (χ4n) is 2.42. The van der Waals surface area contributed by atoms with E-state index in [9.17, 15) is 9.90 Å². The van der Waals surface area contributed by atoms with Crippen LogP contribution < -0.4 is 13.6 Å². The molecule has 1 aromatic rings. The molecule has 0 aliphatic rings. The van der Waals surface area contributed by atoms with E-state index in [0.717, 1.165) is 5.56 Å². The Morgan fingerprint density at radius 3 is 1.76 bits per heavy atom. The van der Waals surface area contributed by atoms with E-state index < -0.39 is 22.6 Å². The first-order valence-corrected chi connectivity index (χ1v) is 16.0. The van der Waals surface area contributed by atoms with Crippen molar-refractivity contribution in [1.82, 2.24) is 0 Å². The summed E-state index contributed by atoms with van der Waals surface area (Å²) < 4.78 is 18.8. The molecular formula is C22H40O5Si2. The average Bonchev–Trinajstić information content (AvgIpc) is 2.48. The first kappa shape index (κ1) is 25.6. The third-order valence-electron chi connectivity index (χ3n) is 6.38. The number of rotatable bonds is 7. The van der Waals surface area contributed by atoms with Crippen molar-refractivity contribution in [2.45, 2.75) is 91.2 Å². The Bertz CT molecular complexity index is 756. The molecule has 0 aliphatic heterocycles. The molecule has 0 radical (unpaired) electrons. The van der Waals surface area contributed by atoms with Crippen molar-refractivity contribution in [2.75, 3.05) is 7.11 Å². The summed E-state index contributed by atoms with van der Waals surface area (Å²) >= 11 is 0. The predicted octanol–water partition coefficient (Wildman–Crippen LogP) is 6.40. The summed E-state index contributed by atoms with van der Waals surface area (Å²) in [6.45, 7) is 23.6. The van der Waals surface area contributed by atoms with Crippen LogP contribution in [0.15, 0.2) is 6.07 Å². The van der Waals surface area contributed by atoms with Crippen LogP contribution in [-0.2, 0) is 11.2 Å². The third-order valence-corrected chi connectivity index (χ3v) is 15.1. The number of methoxy groups -OCH3 is 1. The second kappa shape index (κ2) is 8.34. The fourth-order valence-corrected chi connectivity index (χ4v) is 4.53. The topological polar surface area (TPSA) is 65.0 Å². The van der Waals surface area contributed by atoms with E-state index in [4.69, 9.17) is 13.6 Å². The maximum Gasteiger partial charge on any atom is 0.307 e. The Balaban J connectivity index is 3.66. The van der Waals surface area contributed by atoms with Crippen molar-refractivity contribution >= 4 is 22.6 Å². The maximum absolute atomic E-state index is 11.6. The first-order chi connectivity index (χ1) is 12.8. The molecule has 0 unspecified atom stereocenters. The summed E-state index contributed by atoms with van der Waals surface area (Å²) in [5.74, 6) is 0.958. The number of hydrogen-bond acceptors (Lipinski definition) is 4. The molecule has 166 valence electrons. The summed E-state index contributed by atoms with van der Waals surface area (Å²) in [6.07, 6.45) is -0.122. The Morgan fingerprint density at radius 1 is 0.931 bits per heavy atom. The standard InChI is InChI=1S/C22H40O5Si2/c1-15-19(27-29(11,12)22(5,6)7)16(14-18(23)24)13-17(20(15)25-8)26-28(9,10)21(2,3)4/h13H,14H2,1-12H3,(H,23,24). The van der Waals surface area contributed by atoms with Crippen molar-refractivity contribution in [3.05, 3.63) is 17.2 Å². The highest BCUT2D eigenvalue weighted by Crippen LogP contribution is 2.47. The second-order valence-electron chi connectivity index (χ2n) is 10.8. The van der Waals surface area contributed by atoms with Gasteiger partial charge in [0.05, 0.1) is 13.5 Å². The fraction of sp³-hybridized carbons (Fsp3) is 0.682. The van der Waals surface area contributed by atoms with E-state index in [1.54, 1.807) is 7.11 Å². The Hall–Kier alpha value is -1.48. The van der Waals surface area contributed by atoms with Gasteiger partial charge in [-0.3, -0.25) is 4.79 Å². The molecule has 1 N–H and O–H groups in total. The summed E-state index contributed by atoms with van der Waals surface area (Å²) in [6, 6.07) is 1.81. The molecule has 5 nitrogen and oxygen atoms in total. The lowest BCUT2D eigenvalue weighted by Gasteiger charge is -2.39. The monoisotopic (exact) mass is 440 g/mol. The summed E-state index contributed by atoms with van der Waals surface area (Å²) in [7, 11) is -2.68. The summed E-state index contributed by atoms with van der Waals surface area (Å²) in [5.41, 5.74) is 1.43. The third kappa shape index (κ3) is 5.78. The van der Waals surface area contributed by atoms with Crippen LogP contribution in [0.25, 0.3) is 0 Å². The van der Waals surface area contributed by atoms with Crippen LogP contribution in [0.3, 0.4) is 0 Å². The lowest BCUT2D eigenvalue weighted by molar-refractivity contribution is -0.136. The zero-order valence-electron chi connectivity index (χ0n) is 20.4. The van der Waals surface area contributed by atoms with Crippen LogP contribution >= 0.6 is 0 Å². The molecular weight excluding hydrogens is 400 g/mol. The minimum atomic E-state index is -2.17. The van der Waals surface area contributed by atoms with Crippen LogP contribution in [-0.4, -0.2) is 34.8 Å². The highest BCUT2D eigenvalue weighted by molar-refractivity contribution is 6.75. The van der Waals surface area contributed by atoms with E-state index >= 15 is 0 Å². The molecule has 0 atom stereocenters. The summed E-state index contributed by atoms with van der Waals surface area (Å²) in [5, 5.41) is 9.51. The number of carboxylic acids is 1. The van der Waals surface area contributed by atoms with E-state index in [0.29, 0.717) is 22.8 Å². The van der Waals surface area contributed by atoms with Crippen LogP contribution in [0.5, 0.6) is 17.2 Å². The van der Waals surface area contributed by atoms with Crippen LogP contribution in [0.4, 0.5) is 0 Å². The van der Waals surface area contributed by atoms with E-state index in [1.807, 2.05) is 13.0 Å². The van der Waals surface area contributed by atoms with Crippen molar-refractivity contribution in [3.63, 3.8) is 0 Å². The molecule has 7 heteroatoms. The van der Waals surface area contributed by atoms with Crippen LogP contribution in [0.1, 0.15) is 52.7 Å². The van der Waals surface area contributed by atoms with Gasteiger partial charge in [0.2, 0.25) is 0 Å². The SMILES string of the molecule is COc1c(O[Si](C)(C)C(C)(C)C)cc(CC(=O)O)c(O[Si](C)(C)C(C)(C)C)c1C. The normalized spacial score (nSPS) is 13.2. The quantitative estimate of drug-likeness (QED) is 0.497.